The van der Waals surface area contributed by atoms with E-state index >= 15 is 0 Å². The highest BCUT2D eigenvalue weighted by atomic mass is 32.2. The van der Waals surface area contributed by atoms with Gasteiger partial charge >= 0.3 is 5.97 Å². The Balaban J connectivity index is 1.49. The van der Waals surface area contributed by atoms with Crippen molar-refractivity contribution in [1.82, 2.24) is 4.90 Å². The van der Waals surface area contributed by atoms with Gasteiger partial charge in [-0.1, -0.05) is 36.0 Å². The number of amides is 2. The molecule has 2 heterocycles. The number of rotatable bonds is 5. The van der Waals surface area contributed by atoms with Crippen LogP contribution in [0.25, 0.3) is 0 Å². The fraction of sp³-hybridized carbons (Fsp3) is 0.276. The number of ether oxygens (including phenoxy) is 1. The molecule has 2 amide bonds. The molecule has 37 heavy (non-hydrogen) atoms. The average molecular weight is 519 g/mol. The lowest BCUT2D eigenvalue weighted by Crippen LogP contribution is -2.42. The van der Waals surface area contributed by atoms with Gasteiger partial charge in [0.15, 0.2) is 0 Å². The van der Waals surface area contributed by atoms with Crippen LogP contribution in [0.4, 0.5) is 10.1 Å². The molecule has 2 aliphatic rings. The number of anilines is 1. The molecule has 2 aliphatic heterocycles. The van der Waals surface area contributed by atoms with E-state index in [2.05, 4.69) is 0 Å². The summed E-state index contributed by atoms with van der Waals surface area (Å²) in [4.78, 5) is 44.5. The molecule has 1 saturated heterocycles. The molecule has 6 nitrogen and oxygen atoms in total. The number of carbonyl (C=O) groups is 3. The Morgan fingerprint density at radius 2 is 1.89 bits per heavy atom. The summed E-state index contributed by atoms with van der Waals surface area (Å²) in [5.41, 5.74) is 2.24. The second-order valence-corrected chi connectivity index (χ2v) is 10.2. The van der Waals surface area contributed by atoms with E-state index in [4.69, 9.17) is 4.74 Å². The second kappa shape index (κ2) is 10.8. The van der Waals surface area contributed by atoms with Gasteiger partial charge in [0.25, 0.3) is 11.8 Å². The van der Waals surface area contributed by atoms with Crippen molar-refractivity contribution in [2.45, 2.75) is 36.1 Å². The fourth-order valence-electron chi connectivity index (χ4n) is 4.82. The Morgan fingerprint density at radius 3 is 2.70 bits per heavy atom. The van der Waals surface area contributed by atoms with E-state index in [1.54, 1.807) is 47.1 Å². The van der Waals surface area contributed by atoms with E-state index in [-0.39, 0.29) is 36.1 Å². The summed E-state index contributed by atoms with van der Waals surface area (Å²) in [7, 11) is 0. The fourth-order valence-corrected chi connectivity index (χ4v) is 5.88. The third kappa shape index (κ3) is 5.25. The van der Waals surface area contributed by atoms with Crippen molar-refractivity contribution in [2.24, 2.45) is 5.92 Å². The molecule has 5 rings (SSSR count). The Hall–Kier alpha value is -3.65. The topological polar surface area (TPSA) is 66.9 Å². The van der Waals surface area contributed by atoms with Gasteiger partial charge in [-0.05, 0) is 67.8 Å². The van der Waals surface area contributed by atoms with E-state index in [0.29, 0.717) is 48.5 Å². The minimum Gasteiger partial charge on any atom is -0.466 e. The summed E-state index contributed by atoms with van der Waals surface area (Å²) in [5, 5.41) is 0. The van der Waals surface area contributed by atoms with Crippen LogP contribution in [0.3, 0.4) is 0 Å². The lowest BCUT2D eigenvalue weighted by molar-refractivity contribution is -0.149. The monoisotopic (exact) mass is 518 g/mol. The van der Waals surface area contributed by atoms with Crippen molar-refractivity contribution in [3.8, 4) is 0 Å². The number of likely N-dealkylation sites (tertiary alicyclic amines) is 1. The van der Waals surface area contributed by atoms with E-state index in [9.17, 15) is 18.8 Å². The van der Waals surface area contributed by atoms with Gasteiger partial charge < -0.3 is 14.5 Å². The Morgan fingerprint density at radius 1 is 1.05 bits per heavy atom. The molecule has 3 aromatic rings. The van der Waals surface area contributed by atoms with Crippen LogP contribution in [0.2, 0.25) is 0 Å². The van der Waals surface area contributed by atoms with Crippen LogP contribution in [0.5, 0.6) is 0 Å². The van der Waals surface area contributed by atoms with Crippen LogP contribution in [0, 0.1) is 11.7 Å². The molecule has 0 saturated carbocycles. The lowest BCUT2D eigenvalue weighted by atomic mass is 9.97. The van der Waals surface area contributed by atoms with Crippen molar-refractivity contribution in [2.75, 3.05) is 24.6 Å². The zero-order valence-electron chi connectivity index (χ0n) is 20.5. The largest absolute Gasteiger partial charge is 0.466 e. The zero-order valence-corrected chi connectivity index (χ0v) is 21.3. The first-order valence-electron chi connectivity index (χ1n) is 12.4. The van der Waals surface area contributed by atoms with Crippen molar-refractivity contribution >= 4 is 35.2 Å². The number of nitrogens with zero attached hydrogens (tertiary/aromatic N) is 2. The average Bonchev–Trinajstić information content (AvgIpc) is 3.02. The smallest absolute Gasteiger partial charge is 0.310 e. The Bertz CT molecular complexity index is 1360. The van der Waals surface area contributed by atoms with Gasteiger partial charge in [-0.25, -0.2) is 4.39 Å². The number of hydrogen-bond acceptors (Lipinski definition) is 5. The number of halogens is 1. The van der Waals surface area contributed by atoms with E-state index < -0.39 is 0 Å². The molecule has 0 radical (unpaired) electrons. The molecule has 3 aromatic carbocycles. The maximum atomic E-state index is 14.0. The summed E-state index contributed by atoms with van der Waals surface area (Å²) >= 11 is 1.47. The van der Waals surface area contributed by atoms with Crippen LogP contribution < -0.4 is 4.90 Å². The highest BCUT2D eigenvalue weighted by molar-refractivity contribution is 7.99. The van der Waals surface area contributed by atoms with Crippen molar-refractivity contribution < 1.29 is 23.5 Å². The molecule has 1 atom stereocenters. The SMILES string of the molecule is CCOC(=O)C1CCCN(C(=O)c2ccc3c(c2)N(Cc2cccc(F)c2)C(=O)c2ccccc2S3)C1. The third-order valence-electron chi connectivity index (χ3n) is 6.64. The molecule has 0 N–H and O–H groups in total. The standard InChI is InChI=1S/C29H27FN2O4S/c1-2-36-29(35)21-8-6-14-31(18-21)27(33)20-12-13-26-24(16-20)32(17-19-7-5-9-22(30)15-19)28(34)23-10-3-4-11-25(23)37-26/h3-5,7,9-13,15-16,21H,2,6,8,14,17-18H2,1H3. The third-order valence-corrected chi connectivity index (χ3v) is 7.78. The van der Waals surface area contributed by atoms with Gasteiger partial charge in [-0.2, -0.15) is 0 Å². The van der Waals surface area contributed by atoms with Crippen molar-refractivity contribution in [1.29, 1.82) is 0 Å². The van der Waals surface area contributed by atoms with Crippen LogP contribution in [0.15, 0.2) is 76.5 Å². The van der Waals surface area contributed by atoms with Crippen molar-refractivity contribution in [3.05, 3.63) is 89.2 Å². The molecule has 0 spiro atoms. The molecule has 1 fully saturated rings. The number of fused-ring (bicyclic) bond motifs is 2. The molecular weight excluding hydrogens is 491 g/mol. The van der Waals surface area contributed by atoms with E-state index in [0.717, 1.165) is 16.2 Å². The van der Waals surface area contributed by atoms with Gasteiger partial charge in [0.05, 0.1) is 30.3 Å². The number of piperidine rings is 1. The lowest BCUT2D eigenvalue weighted by Gasteiger charge is -2.32. The molecule has 1 unspecified atom stereocenters. The first-order valence-corrected chi connectivity index (χ1v) is 13.2. The molecule has 0 aliphatic carbocycles. The van der Waals surface area contributed by atoms with Crippen molar-refractivity contribution in [3.63, 3.8) is 0 Å². The number of benzene rings is 3. The number of esters is 1. The quantitative estimate of drug-likeness (QED) is 0.414. The number of hydrogen-bond donors (Lipinski definition) is 0. The normalized spacial score (nSPS) is 17.0. The molecule has 190 valence electrons. The van der Waals surface area contributed by atoms with Gasteiger partial charge in [0.2, 0.25) is 0 Å². The molecule has 0 bridgehead atoms. The summed E-state index contributed by atoms with van der Waals surface area (Å²) in [5.74, 6) is -1.39. The van der Waals surface area contributed by atoms with Gasteiger partial charge in [0.1, 0.15) is 5.82 Å². The maximum Gasteiger partial charge on any atom is 0.310 e. The molecule has 8 heteroatoms. The maximum absolute atomic E-state index is 14.0. The highest BCUT2D eigenvalue weighted by Crippen LogP contribution is 2.42. The number of carbonyl (C=O) groups excluding carboxylic acids is 3. The summed E-state index contributed by atoms with van der Waals surface area (Å²) < 4.78 is 19.1. The highest BCUT2D eigenvalue weighted by Gasteiger charge is 2.32. The molecular formula is C29H27FN2O4S. The summed E-state index contributed by atoms with van der Waals surface area (Å²) in [6.45, 7) is 3.10. The minimum atomic E-state index is -0.375. The minimum absolute atomic E-state index is 0.158. The van der Waals surface area contributed by atoms with Gasteiger partial charge in [-0.3, -0.25) is 14.4 Å². The van der Waals surface area contributed by atoms with Crippen LogP contribution in [0.1, 0.15) is 46.0 Å². The van der Waals surface area contributed by atoms with Crippen LogP contribution >= 0.6 is 11.8 Å². The predicted molar refractivity (Wildman–Crippen MR) is 139 cm³/mol. The Labute approximate surface area is 219 Å². The van der Waals surface area contributed by atoms with Gasteiger partial charge in [0, 0.05) is 28.4 Å². The first kappa shape index (κ1) is 25.0. The zero-order chi connectivity index (χ0) is 25.9. The van der Waals surface area contributed by atoms with Crippen LogP contribution in [-0.4, -0.2) is 42.4 Å². The van der Waals surface area contributed by atoms with Gasteiger partial charge in [-0.15, -0.1) is 0 Å². The molecule has 0 aromatic heterocycles. The van der Waals surface area contributed by atoms with Crippen LogP contribution in [-0.2, 0) is 16.1 Å². The first-order chi connectivity index (χ1) is 17.9. The van der Waals surface area contributed by atoms with E-state index in [1.807, 2.05) is 24.3 Å². The second-order valence-electron chi connectivity index (χ2n) is 9.14. The summed E-state index contributed by atoms with van der Waals surface area (Å²) in [6, 6.07) is 18.9. The van der Waals surface area contributed by atoms with E-state index in [1.165, 1.54) is 23.9 Å². The predicted octanol–water partition coefficient (Wildman–Crippen LogP) is 5.55. The Kier molecular flexibility index (Phi) is 7.28. The summed E-state index contributed by atoms with van der Waals surface area (Å²) in [6.07, 6.45) is 1.41.